The Morgan fingerprint density at radius 3 is 0.969 bits per heavy atom. The number of phosphoric acid groups is 2. The van der Waals surface area contributed by atoms with Crippen molar-refractivity contribution in [3.63, 3.8) is 0 Å². The Hall–Kier alpha value is -4.54. The van der Waals surface area contributed by atoms with E-state index >= 15 is 0 Å². The number of carbonyl (C=O) groups excluding carboxylic acids is 4. The zero-order chi connectivity index (χ0) is 70.4. The number of hydrogen-bond acceptors (Lipinski definition) is 15. The van der Waals surface area contributed by atoms with E-state index in [-0.39, 0.29) is 25.7 Å². The van der Waals surface area contributed by atoms with Crippen molar-refractivity contribution >= 4 is 39.5 Å². The van der Waals surface area contributed by atoms with Crippen molar-refractivity contribution in [2.24, 2.45) is 0 Å². The van der Waals surface area contributed by atoms with Crippen LogP contribution in [-0.2, 0) is 65.4 Å². The van der Waals surface area contributed by atoms with E-state index in [0.29, 0.717) is 25.7 Å². The molecule has 5 unspecified atom stereocenters. The van der Waals surface area contributed by atoms with E-state index in [1.165, 1.54) is 64.2 Å². The second kappa shape index (κ2) is 69.0. The zero-order valence-corrected chi connectivity index (χ0v) is 61.5. The van der Waals surface area contributed by atoms with E-state index in [2.05, 4.69) is 125 Å². The third kappa shape index (κ3) is 68.0. The molecule has 0 saturated heterocycles. The molecule has 0 aliphatic rings. The smallest absolute Gasteiger partial charge is 0.462 e. The summed E-state index contributed by atoms with van der Waals surface area (Å²) in [6.07, 6.45) is 73.8. The van der Waals surface area contributed by atoms with Crippen LogP contribution in [0.1, 0.15) is 285 Å². The summed E-state index contributed by atoms with van der Waals surface area (Å²) in [5.41, 5.74) is 0. The van der Waals surface area contributed by atoms with Gasteiger partial charge in [0.2, 0.25) is 0 Å². The molecule has 19 heteroatoms. The standard InChI is InChI=1S/C77H130O17P2/c1-5-9-13-17-21-25-29-32-34-35-37-40-43-46-50-54-58-62-75(80)87-67-72(93-76(81)63-59-55-51-47-41-28-24-20-16-12-8-4)69-91-95(83,84)89-65-71(78)66-90-96(85,86)92-70-73(94-77(82)64-60-56-52-48-44-38-31-27-23-19-15-11-7-3)68-88-74(79)61-57-53-49-45-42-39-36-33-30-26-22-18-14-10-6-2/h9-10,13-14,20-22,24-26,32-34,36-37,40,42,45,53,57,71-73,78H,5-8,11-12,15-19,23,27-31,35,38-39,41,43-44,46-52,54-56,58-70H2,1-4H3,(H,83,84)(H,85,86)/b13-9-,14-10-,24-20-,25-21-,26-22-,34-32-,36-33-,40-37-,45-42-,57-53-. The second-order valence-corrected chi connectivity index (χ2v) is 27.0. The number of unbranched alkanes of at least 4 members (excludes halogenated alkanes) is 23. The van der Waals surface area contributed by atoms with Gasteiger partial charge < -0.3 is 33.8 Å². The Morgan fingerprint density at radius 2 is 0.594 bits per heavy atom. The van der Waals surface area contributed by atoms with Crippen molar-refractivity contribution in [2.75, 3.05) is 39.6 Å². The maximum atomic E-state index is 13.0. The van der Waals surface area contributed by atoms with Gasteiger partial charge in [0.05, 0.1) is 32.8 Å². The van der Waals surface area contributed by atoms with Gasteiger partial charge >= 0.3 is 39.5 Å². The monoisotopic (exact) mass is 1390 g/mol. The summed E-state index contributed by atoms with van der Waals surface area (Å²) in [5.74, 6) is -2.36. The number of phosphoric ester groups is 2. The molecule has 3 N–H and O–H groups in total. The van der Waals surface area contributed by atoms with Crippen LogP contribution in [-0.4, -0.2) is 96.7 Å². The first-order chi connectivity index (χ1) is 46.7. The molecule has 550 valence electrons. The first-order valence-electron chi connectivity index (χ1n) is 36.8. The van der Waals surface area contributed by atoms with Gasteiger partial charge in [-0.05, 0) is 109 Å². The number of aliphatic hydroxyl groups is 1. The second-order valence-electron chi connectivity index (χ2n) is 24.1. The average molecular weight is 1390 g/mol. The minimum atomic E-state index is -4.99. The molecule has 0 amide bonds. The van der Waals surface area contributed by atoms with Gasteiger partial charge in [0, 0.05) is 19.3 Å². The molecular formula is C77H130O17P2. The fourth-order valence-corrected chi connectivity index (χ4v) is 11.0. The van der Waals surface area contributed by atoms with Crippen LogP contribution >= 0.6 is 15.6 Å². The highest BCUT2D eigenvalue weighted by Gasteiger charge is 2.30. The molecule has 0 saturated carbocycles. The summed E-state index contributed by atoms with van der Waals surface area (Å²) in [6, 6.07) is 0. The van der Waals surface area contributed by atoms with Crippen LogP contribution in [0.3, 0.4) is 0 Å². The third-order valence-corrected chi connectivity index (χ3v) is 16.9. The predicted octanol–water partition coefficient (Wildman–Crippen LogP) is 20.8. The quantitative estimate of drug-likeness (QED) is 0.0169. The van der Waals surface area contributed by atoms with Crippen molar-refractivity contribution in [3.05, 3.63) is 122 Å². The van der Waals surface area contributed by atoms with Crippen molar-refractivity contribution in [1.82, 2.24) is 0 Å². The normalized spacial score (nSPS) is 14.7. The topological polar surface area (TPSA) is 237 Å². The molecule has 0 aliphatic carbocycles. The number of hydrogen-bond donors (Lipinski definition) is 3. The van der Waals surface area contributed by atoms with Gasteiger partial charge in [0.15, 0.2) is 12.2 Å². The predicted molar refractivity (Wildman–Crippen MR) is 390 cm³/mol. The lowest BCUT2D eigenvalue weighted by Gasteiger charge is -2.21. The van der Waals surface area contributed by atoms with E-state index < -0.39 is 97.5 Å². The molecule has 0 aromatic heterocycles. The van der Waals surface area contributed by atoms with E-state index in [1.54, 1.807) is 6.08 Å². The minimum absolute atomic E-state index is 0.0708. The molecule has 0 radical (unpaired) electrons. The van der Waals surface area contributed by atoms with Gasteiger partial charge in [0.25, 0.3) is 0 Å². The Labute approximate surface area is 581 Å². The van der Waals surface area contributed by atoms with Crippen LogP contribution in [0.2, 0.25) is 0 Å². The van der Waals surface area contributed by atoms with Crippen molar-refractivity contribution in [3.8, 4) is 0 Å². The van der Waals surface area contributed by atoms with Crippen LogP contribution in [0.5, 0.6) is 0 Å². The Morgan fingerprint density at radius 1 is 0.312 bits per heavy atom. The molecule has 0 fully saturated rings. The van der Waals surface area contributed by atoms with Crippen LogP contribution in [0.4, 0.5) is 0 Å². The Balaban J connectivity index is 5.40. The number of esters is 4. The molecule has 96 heavy (non-hydrogen) atoms. The van der Waals surface area contributed by atoms with E-state index in [9.17, 15) is 43.2 Å². The number of ether oxygens (including phenoxy) is 4. The number of allylic oxidation sites excluding steroid dienone is 19. The van der Waals surface area contributed by atoms with Gasteiger partial charge in [-0.15, -0.1) is 0 Å². The highest BCUT2D eigenvalue weighted by molar-refractivity contribution is 7.47. The molecule has 17 nitrogen and oxygen atoms in total. The van der Waals surface area contributed by atoms with Crippen molar-refractivity contribution in [2.45, 2.75) is 303 Å². The highest BCUT2D eigenvalue weighted by Crippen LogP contribution is 2.45. The lowest BCUT2D eigenvalue weighted by Crippen LogP contribution is -2.30. The first kappa shape index (κ1) is 91.5. The summed E-state index contributed by atoms with van der Waals surface area (Å²) in [6.45, 7) is 4.44. The molecule has 0 heterocycles. The van der Waals surface area contributed by atoms with Crippen LogP contribution < -0.4 is 0 Å². The van der Waals surface area contributed by atoms with Gasteiger partial charge in [-0.25, -0.2) is 9.13 Å². The molecule has 5 atom stereocenters. The minimum Gasteiger partial charge on any atom is -0.462 e. The number of aliphatic hydroxyl groups excluding tert-OH is 1. The van der Waals surface area contributed by atoms with E-state index in [4.69, 9.17) is 37.0 Å². The lowest BCUT2D eigenvalue weighted by molar-refractivity contribution is -0.161. The summed E-state index contributed by atoms with van der Waals surface area (Å²) < 4.78 is 68.2. The number of carbonyl (C=O) groups is 4. The van der Waals surface area contributed by atoms with Crippen molar-refractivity contribution < 1.29 is 80.2 Å². The summed E-state index contributed by atoms with van der Waals surface area (Å²) in [4.78, 5) is 72.6. The van der Waals surface area contributed by atoms with Gasteiger partial charge in [0.1, 0.15) is 19.3 Å². The van der Waals surface area contributed by atoms with Crippen LogP contribution in [0.25, 0.3) is 0 Å². The fraction of sp³-hybridized carbons (Fsp3) is 0.688. The Kier molecular flexibility index (Phi) is 65.7. The van der Waals surface area contributed by atoms with Gasteiger partial charge in [-0.1, -0.05) is 271 Å². The molecular weight excluding hydrogens is 1260 g/mol. The Bertz CT molecular complexity index is 2300. The summed E-state index contributed by atoms with van der Waals surface area (Å²) in [7, 11) is -9.97. The maximum Gasteiger partial charge on any atom is 0.472 e. The van der Waals surface area contributed by atoms with Crippen LogP contribution in [0, 0.1) is 0 Å². The first-order valence-corrected chi connectivity index (χ1v) is 39.8. The molecule has 0 spiro atoms. The lowest BCUT2D eigenvalue weighted by atomic mass is 10.0. The SMILES string of the molecule is CC/C=C\C/C=C\C/C=C\C/C=C\C/C=C\CC(=O)OCC(COP(=O)(O)OCC(O)COP(=O)(O)OCC(COC(=O)CCCCCC/C=C\C/C=C\C/C=C\C/C=C\CC)OC(=O)CCCCCCC/C=C\CCCC)OC(=O)CCCCCCCCCCCCCCC. The molecule has 0 aromatic carbocycles. The van der Waals surface area contributed by atoms with Gasteiger partial charge in [-0.3, -0.25) is 37.3 Å². The highest BCUT2D eigenvalue weighted by atomic mass is 31.2. The average Bonchev–Trinajstić information content (AvgIpc) is 1.84. The van der Waals surface area contributed by atoms with Crippen molar-refractivity contribution in [1.29, 1.82) is 0 Å². The van der Waals surface area contributed by atoms with E-state index in [1.807, 2.05) is 18.2 Å². The summed E-state index contributed by atoms with van der Waals surface area (Å²) >= 11 is 0. The molecule has 0 rings (SSSR count). The maximum absolute atomic E-state index is 13.0. The molecule has 0 aliphatic heterocycles. The third-order valence-electron chi connectivity index (χ3n) is 15.0. The molecule has 0 bridgehead atoms. The van der Waals surface area contributed by atoms with E-state index in [0.717, 1.165) is 141 Å². The fourth-order valence-electron chi connectivity index (χ4n) is 9.38. The summed E-state index contributed by atoms with van der Waals surface area (Å²) in [5, 5.41) is 10.6. The molecule has 0 aromatic rings. The number of rotatable bonds is 68. The largest absolute Gasteiger partial charge is 0.472 e. The zero-order valence-electron chi connectivity index (χ0n) is 59.8. The van der Waals surface area contributed by atoms with Crippen LogP contribution in [0.15, 0.2) is 122 Å². The van der Waals surface area contributed by atoms with Gasteiger partial charge in [-0.2, -0.15) is 0 Å².